The number of fused-ring (bicyclic) bond motifs is 7. The highest BCUT2D eigenvalue weighted by molar-refractivity contribution is 6.21. The number of furan rings is 1. The van der Waals surface area contributed by atoms with Gasteiger partial charge in [-0.25, -0.2) is 0 Å². The molecule has 0 aliphatic carbocycles. The zero-order chi connectivity index (χ0) is 32.3. The topological polar surface area (TPSA) is 26.0 Å². The molecule has 0 N–H and O–H groups in total. The molecule has 0 fully saturated rings. The third kappa shape index (κ3) is 4.46. The molecule has 8 aromatic carbocycles. The number of pyridine rings is 1. The van der Waals surface area contributed by atoms with Gasteiger partial charge < -0.3 is 4.42 Å². The van der Waals surface area contributed by atoms with Gasteiger partial charge in [-0.3, -0.25) is 4.98 Å². The Balaban J connectivity index is 1.09. The summed E-state index contributed by atoms with van der Waals surface area (Å²) in [5.74, 6) is 0. The normalized spacial score (nSPS) is 11.7. The van der Waals surface area contributed by atoms with Gasteiger partial charge in [0.25, 0.3) is 0 Å². The number of hydrogen-bond donors (Lipinski definition) is 0. The lowest BCUT2D eigenvalue weighted by Gasteiger charge is -2.17. The minimum atomic E-state index is 0.896. The summed E-state index contributed by atoms with van der Waals surface area (Å²) in [5.41, 5.74) is 11.0. The fraction of sp³-hybridized carbons (Fsp3) is 0. The van der Waals surface area contributed by atoms with Crippen molar-refractivity contribution in [1.82, 2.24) is 4.98 Å². The van der Waals surface area contributed by atoms with E-state index in [4.69, 9.17) is 9.40 Å². The van der Waals surface area contributed by atoms with Gasteiger partial charge in [-0.2, -0.15) is 0 Å². The maximum Gasteiger partial charge on any atom is 0.143 e. The van der Waals surface area contributed by atoms with Crippen LogP contribution in [0.15, 0.2) is 180 Å². The summed E-state index contributed by atoms with van der Waals surface area (Å²) in [5, 5.41) is 9.41. The van der Waals surface area contributed by atoms with Gasteiger partial charge >= 0.3 is 0 Å². The van der Waals surface area contributed by atoms with Crippen LogP contribution in [-0.4, -0.2) is 4.98 Å². The number of hydrogen-bond acceptors (Lipinski definition) is 2. The Morgan fingerprint density at radius 1 is 0.347 bits per heavy atom. The summed E-state index contributed by atoms with van der Waals surface area (Å²) < 4.78 is 6.37. The monoisotopic (exact) mass is 623 g/mol. The highest BCUT2D eigenvalue weighted by Crippen LogP contribution is 2.44. The molecular formula is C47H29NO. The van der Waals surface area contributed by atoms with Crippen LogP contribution in [0, 0.1) is 0 Å². The van der Waals surface area contributed by atoms with Crippen LogP contribution >= 0.6 is 0 Å². The standard InChI is InChI=1S/C47H29NO/c1-2-10-30(11-3-1)31-18-20-33(21-19-31)45-37-14-6-8-16-39(37)46(40-17-9-7-15-38(40)45)43-26-23-35(29-48-43)34-24-27-44-42(28-34)41-25-22-32-12-4-5-13-36(32)47(41)49-44/h1-29H. The van der Waals surface area contributed by atoms with Crippen LogP contribution in [0.4, 0.5) is 0 Å². The van der Waals surface area contributed by atoms with Crippen LogP contribution in [0.2, 0.25) is 0 Å². The largest absolute Gasteiger partial charge is 0.455 e. The summed E-state index contributed by atoms with van der Waals surface area (Å²) >= 11 is 0. The second-order valence-electron chi connectivity index (χ2n) is 12.7. The lowest BCUT2D eigenvalue weighted by atomic mass is 9.87. The first-order chi connectivity index (χ1) is 24.3. The van der Waals surface area contributed by atoms with Gasteiger partial charge in [0.2, 0.25) is 0 Å². The minimum absolute atomic E-state index is 0.896. The van der Waals surface area contributed by atoms with Crippen molar-refractivity contribution in [3.63, 3.8) is 0 Å². The Labute approximate surface area is 283 Å². The van der Waals surface area contributed by atoms with Gasteiger partial charge in [0.05, 0.1) is 5.69 Å². The predicted octanol–water partition coefficient (Wildman–Crippen LogP) is 13.1. The Morgan fingerprint density at radius 2 is 0.918 bits per heavy atom. The molecule has 0 radical (unpaired) electrons. The molecule has 0 saturated heterocycles. The first kappa shape index (κ1) is 27.6. The van der Waals surface area contributed by atoms with Gasteiger partial charge in [0.15, 0.2) is 0 Å². The molecule has 228 valence electrons. The number of aromatic nitrogens is 1. The summed E-state index contributed by atoms with van der Waals surface area (Å²) in [6, 6.07) is 60.6. The van der Waals surface area contributed by atoms with Crippen LogP contribution in [0.1, 0.15) is 0 Å². The summed E-state index contributed by atoms with van der Waals surface area (Å²) in [7, 11) is 0. The van der Waals surface area contributed by atoms with Gasteiger partial charge in [0.1, 0.15) is 11.2 Å². The molecule has 2 nitrogen and oxygen atoms in total. The quantitative estimate of drug-likeness (QED) is 0.182. The maximum absolute atomic E-state index is 6.37. The van der Waals surface area contributed by atoms with E-state index < -0.39 is 0 Å². The Kier molecular flexibility index (Phi) is 6.22. The van der Waals surface area contributed by atoms with E-state index in [0.29, 0.717) is 0 Å². The molecule has 2 aromatic heterocycles. The van der Waals surface area contributed by atoms with E-state index in [1.165, 1.54) is 49.2 Å². The fourth-order valence-corrected chi connectivity index (χ4v) is 7.57. The lowest BCUT2D eigenvalue weighted by molar-refractivity contribution is 0.672. The molecule has 0 atom stereocenters. The van der Waals surface area contributed by atoms with E-state index in [2.05, 4.69) is 170 Å². The van der Waals surface area contributed by atoms with Gasteiger partial charge in [-0.15, -0.1) is 0 Å². The Bertz CT molecular complexity index is 2790. The molecule has 0 aliphatic rings. The van der Waals surface area contributed by atoms with E-state index in [1.54, 1.807) is 0 Å². The average Bonchev–Trinajstić information content (AvgIpc) is 3.56. The van der Waals surface area contributed by atoms with E-state index in [-0.39, 0.29) is 0 Å². The third-order valence-electron chi connectivity index (χ3n) is 9.93. The lowest BCUT2D eigenvalue weighted by Crippen LogP contribution is -1.92. The molecule has 0 saturated carbocycles. The summed E-state index contributed by atoms with van der Waals surface area (Å²) in [6.07, 6.45) is 2.01. The van der Waals surface area contributed by atoms with Crippen molar-refractivity contribution in [3.05, 3.63) is 176 Å². The van der Waals surface area contributed by atoms with E-state index >= 15 is 0 Å². The zero-order valence-corrected chi connectivity index (χ0v) is 26.6. The fourth-order valence-electron chi connectivity index (χ4n) is 7.57. The summed E-state index contributed by atoms with van der Waals surface area (Å²) in [6.45, 7) is 0. The average molecular weight is 624 g/mol. The smallest absolute Gasteiger partial charge is 0.143 e. The van der Waals surface area contributed by atoms with Gasteiger partial charge in [-0.05, 0) is 79.0 Å². The zero-order valence-electron chi connectivity index (χ0n) is 26.6. The molecule has 2 heteroatoms. The molecule has 49 heavy (non-hydrogen) atoms. The van der Waals surface area contributed by atoms with Crippen LogP contribution < -0.4 is 0 Å². The molecule has 0 spiro atoms. The number of nitrogens with zero attached hydrogens (tertiary/aromatic N) is 1. The van der Waals surface area contributed by atoms with Gasteiger partial charge in [0, 0.05) is 33.5 Å². The van der Waals surface area contributed by atoms with E-state index in [9.17, 15) is 0 Å². The van der Waals surface area contributed by atoms with Crippen LogP contribution in [0.3, 0.4) is 0 Å². The van der Waals surface area contributed by atoms with Crippen molar-refractivity contribution in [1.29, 1.82) is 0 Å². The molecule has 10 rings (SSSR count). The van der Waals surface area contributed by atoms with Crippen molar-refractivity contribution in [2.24, 2.45) is 0 Å². The first-order valence-corrected chi connectivity index (χ1v) is 16.7. The third-order valence-corrected chi connectivity index (χ3v) is 9.93. The van der Waals surface area contributed by atoms with Crippen molar-refractivity contribution >= 4 is 54.3 Å². The molecular weight excluding hydrogens is 595 g/mol. The Morgan fingerprint density at radius 3 is 1.61 bits per heavy atom. The van der Waals surface area contributed by atoms with Crippen LogP contribution in [0.5, 0.6) is 0 Å². The highest BCUT2D eigenvalue weighted by Gasteiger charge is 2.18. The summed E-state index contributed by atoms with van der Waals surface area (Å²) in [4.78, 5) is 5.12. The minimum Gasteiger partial charge on any atom is -0.455 e. The molecule has 0 bridgehead atoms. The van der Waals surface area contributed by atoms with Crippen molar-refractivity contribution in [3.8, 4) is 44.6 Å². The molecule has 2 heterocycles. The highest BCUT2D eigenvalue weighted by atomic mass is 16.3. The van der Waals surface area contributed by atoms with Gasteiger partial charge in [-0.1, -0.05) is 146 Å². The predicted molar refractivity (Wildman–Crippen MR) is 206 cm³/mol. The van der Waals surface area contributed by atoms with E-state index in [0.717, 1.165) is 49.7 Å². The Hall–Kier alpha value is -6.51. The number of rotatable bonds is 4. The van der Waals surface area contributed by atoms with Crippen LogP contribution in [-0.2, 0) is 0 Å². The first-order valence-electron chi connectivity index (χ1n) is 16.7. The van der Waals surface area contributed by atoms with Crippen LogP contribution in [0.25, 0.3) is 98.9 Å². The molecule has 0 amide bonds. The molecule has 0 unspecified atom stereocenters. The van der Waals surface area contributed by atoms with Crippen molar-refractivity contribution < 1.29 is 4.42 Å². The number of benzene rings is 8. The van der Waals surface area contributed by atoms with E-state index in [1.807, 2.05) is 6.20 Å². The molecule has 10 aromatic rings. The van der Waals surface area contributed by atoms with Crippen molar-refractivity contribution in [2.75, 3.05) is 0 Å². The second-order valence-corrected chi connectivity index (χ2v) is 12.7. The maximum atomic E-state index is 6.37. The van der Waals surface area contributed by atoms with Crippen molar-refractivity contribution in [2.45, 2.75) is 0 Å². The SMILES string of the molecule is c1ccc(-c2ccc(-c3c4ccccc4c(-c4ccc(-c5ccc6oc7c8ccccc8ccc7c6c5)cn4)c4ccccc34)cc2)cc1. The second kappa shape index (κ2) is 11.0. The molecule has 0 aliphatic heterocycles.